The highest BCUT2D eigenvalue weighted by atomic mass is 15.1. The van der Waals surface area contributed by atoms with Crippen molar-refractivity contribution in [1.29, 1.82) is 0 Å². The van der Waals surface area contributed by atoms with E-state index in [0.29, 0.717) is 10.8 Å². The minimum atomic E-state index is 0.254. The van der Waals surface area contributed by atoms with E-state index in [1.54, 1.807) is 0 Å². The van der Waals surface area contributed by atoms with Crippen LogP contribution in [0.5, 0.6) is 0 Å². The second-order valence-corrected chi connectivity index (χ2v) is 10.2. The number of hydrogen-bond donors (Lipinski definition) is 0. The lowest BCUT2D eigenvalue weighted by Crippen LogP contribution is -2.37. The molecule has 0 amide bonds. The van der Waals surface area contributed by atoms with Crippen LogP contribution in [-0.4, -0.2) is 18.5 Å². The zero-order valence-electron chi connectivity index (χ0n) is 17.3. The molecule has 1 heteroatoms. The third-order valence-corrected chi connectivity index (χ3v) is 5.27. The predicted octanol–water partition coefficient (Wildman–Crippen LogP) is 6.75. The summed E-state index contributed by atoms with van der Waals surface area (Å²) in [7, 11) is 2.20. The summed E-state index contributed by atoms with van der Waals surface area (Å²) in [5.74, 6) is 0.795. The highest BCUT2D eigenvalue weighted by Crippen LogP contribution is 2.49. The van der Waals surface area contributed by atoms with Crippen LogP contribution in [0.25, 0.3) is 0 Å². The van der Waals surface area contributed by atoms with Crippen LogP contribution in [-0.2, 0) is 0 Å². The highest BCUT2D eigenvalue weighted by molar-refractivity contribution is 5.01. The Morgan fingerprint density at radius 3 is 1.86 bits per heavy atom. The Morgan fingerprint density at radius 2 is 1.45 bits per heavy atom. The van der Waals surface area contributed by atoms with Gasteiger partial charge in [-0.25, -0.2) is 0 Å². The molecule has 132 valence electrons. The molecular weight excluding hydrogens is 266 g/mol. The van der Waals surface area contributed by atoms with Gasteiger partial charge in [-0.05, 0) is 47.8 Å². The highest BCUT2D eigenvalue weighted by Gasteiger charge is 2.40. The summed E-state index contributed by atoms with van der Waals surface area (Å²) in [6, 6.07) is 0. The maximum absolute atomic E-state index is 4.37. The van der Waals surface area contributed by atoms with E-state index in [4.69, 9.17) is 0 Å². The van der Waals surface area contributed by atoms with E-state index in [2.05, 4.69) is 80.8 Å². The first-order valence-corrected chi connectivity index (χ1v) is 9.07. The molecule has 22 heavy (non-hydrogen) atoms. The average molecular weight is 310 g/mol. The van der Waals surface area contributed by atoms with Crippen LogP contribution in [0.15, 0.2) is 12.3 Å². The number of rotatable bonds is 9. The van der Waals surface area contributed by atoms with Crippen molar-refractivity contribution in [3.05, 3.63) is 12.3 Å². The topological polar surface area (TPSA) is 3.24 Å². The molecule has 0 rings (SSSR count). The first-order valence-electron chi connectivity index (χ1n) is 9.07. The lowest BCUT2D eigenvalue weighted by molar-refractivity contribution is 0.0530. The van der Waals surface area contributed by atoms with Gasteiger partial charge in [-0.1, -0.05) is 68.9 Å². The number of nitrogens with zero attached hydrogens (tertiary/aromatic N) is 1. The minimum Gasteiger partial charge on any atom is -0.378 e. The Labute approximate surface area is 141 Å². The van der Waals surface area contributed by atoms with E-state index < -0.39 is 0 Å². The zero-order chi connectivity index (χ0) is 17.8. The van der Waals surface area contributed by atoms with Crippen molar-refractivity contribution >= 4 is 0 Å². The second kappa shape index (κ2) is 7.88. The van der Waals surface area contributed by atoms with Crippen LogP contribution in [0, 0.1) is 22.2 Å². The van der Waals surface area contributed by atoms with E-state index in [-0.39, 0.29) is 5.41 Å². The molecule has 0 atom stereocenters. The molecule has 0 aliphatic heterocycles. The van der Waals surface area contributed by atoms with E-state index in [1.807, 2.05) is 0 Å². The largest absolute Gasteiger partial charge is 0.378 e. The van der Waals surface area contributed by atoms with Gasteiger partial charge < -0.3 is 4.90 Å². The molecule has 0 radical (unpaired) electrons. The molecule has 0 unspecified atom stereocenters. The molecule has 0 aromatic heterocycles. The van der Waals surface area contributed by atoms with Crippen LogP contribution < -0.4 is 0 Å². The molecule has 0 saturated carbocycles. The Morgan fingerprint density at radius 1 is 0.955 bits per heavy atom. The quantitative estimate of drug-likeness (QED) is 0.455. The van der Waals surface area contributed by atoms with Gasteiger partial charge in [0.25, 0.3) is 0 Å². The molecule has 0 aromatic carbocycles. The first kappa shape index (κ1) is 21.5. The molecule has 0 aliphatic carbocycles. The monoisotopic (exact) mass is 309 g/mol. The molecule has 0 fully saturated rings. The van der Waals surface area contributed by atoms with Gasteiger partial charge >= 0.3 is 0 Å². The van der Waals surface area contributed by atoms with E-state index in [9.17, 15) is 0 Å². The molecule has 0 heterocycles. The molecule has 0 aromatic rings. The third kappa shape index (κ3) is 7.70. The lowest BCUT2D eigenvalue weighted by Gasteiger charge is -2.46. The predicted molar refractivity (Wildman–Crippen MR) is 102 cm³/mol. The van der Waals surface area contributed by atoms with E-state index >= 15 is 0 Å². The van der Waals surface area contributed by atoms with Crippen LogP contribution in [0.3, 0.4) is 0 Å². The molecule has 0 saturated heterocycles. The van der Waals surface area contributed by atoms with Crippen molar-refractivity contribution in [2.75, 3.05) is 13.6 Å². The van der Waals surface area contributed by atoms with E-state index in [1.165, 1.54) is 25.0 Å². The van der Waals surface area contributed by atoms with Crippen molar-refractivity contribution in [2.45, 2.75) is 88.0 Å². The Balaban J connectivity index is 4.65. The summed E-state index contributed by atoms with van der Waals surface area (Å²) in [6.07, 6.45) is 4.88. The van der Waals surface area contributed by atoms with Crippen molar-refractivity contribution in [3.63, 3.8) is 0 Å². The molecular formula is C21H43N. The Kier molecular flexibility index (Phi) is 7.72. The average Bonchev–Trinajstić information content (AvgIpc) is 2.23. The number of allylic oxidation sites excluding steroid dienone is 1. The summed E-state index contributed by atoms with van der Waals surface area (Å²) in [6.45, 7) is 26.8. The van der Waals surface area contributed by atoms with Crippen molar-refractivity contribution in [1.82, 2.24) is 4.90 Å². The van der Waals surface area contributed by atoms with Gasteiger partial charge in [-0.15, -0.1) is 0 Å². The Bertz CT molecular complexity index is 341. The van der Waals surface area contributed by atoms with Crippen LogP contribution >= 0.6 is 0 Å². The van der Waals surface area contributed by atoms with Gasteiger partial charge in [0.05, 0.1) is 0 Å². The maximum Gasteiger partial charge on any atom is 0.0171 e. The van der Waals surface area contributed by atoms with Gasteiger partial charge in [0, 0.05) is 19.3 Å². The van der Waals surface area contributed by atoms with Crippen LogP contribution in [0.2, 0.25) is 0 Å². The summed E-state index contributed by atoms with van der Waals surface area (Å²) in [4.78, 5) is 2.37. The smallest absolute Gasteiger partial charge is 0.0171 e. The van der Waals surface area contributed by atoms with Gasteiger partial charge in [0.2, 0.25) is 0 Å². The lowest BCUT2D eigenvalue weighted by atomic mass is 9.60. The second-order valence-electron chi connectivity index (χ2n) is 10.2. The normalized spacial score (nSPS) is 13.6. The zero-order valence-corrected chi connectivity index (χ0v) is 17.3. The van der Waals surface area contributed by atoms with Crippen LogP contribution in [0.4, 0.5) is 0 Å². The standard InChI is InChI=1S/C21H43N/c1-17(2)13-12-14-22(11)18(3)15-20(7,8)21(9,10)16-19(4,5)6/h17H,3,12-16H2,1-2,4-11H3. The SMILES string of the molecule is C=C(CC(C)(C)C(C)(C)CC(C)(C)C)N(C)CCCC(C)C. The van der Waals surface area contributed by atoms with Gasteiger partial charge in [0.15, 0.2) is 0 Å². The Hall–Kier alpha value is -0.460. The van der Waals surface area contributed by atoms with Gasteiger partial charge in [-0.3, -0.25) is 0 Å². The van der Waals surface area contributed by atoms with E-state index in [0.717, 1.165) is 18.9 Å². The third-order valence-electron chi connectivity index (χ3n) is 5.27. The van der Waals surface area contributed by atoms with Crippen molar-refractivity contribution in [2.24, 2.45) is 22.2 Å². The molecule has 0 spiro atoms. The molecule has 0 bridgehead atoms. The van der Waals surface area contributed by atoms with Crippen LogP contribution in [0.1, 0.15) is 88.0 Å². The summed E-state index contributed by atoms with van der Waals surface area (Å²) < 4.78 is 0. The van der Waals surface area contributed by atoms with Gasteiger partial charge in [0.1, 0.15) is 0 Å². The van der Waals surface area contributed by atoms with Crippen molar-refractivity contribution in [3.8, 4) is 0 Å². The fourth-order valence-corrected chi connectivity index (χ4v) is 3.34. The summed E-state index contributed by atoms with van der Waals surface area (Å²) in [5.41, 5.74) is 2.21. The summed E-state index contributed by atoms with van der Waals surface area (Å²) >= 11 is 0. The summed E-state index contributed by atoms with van der Waals surface area (Å²) in [5, 5.41) is 0. The fourth-order valence-electron chi connectivity index (χ4n) is 3.34. The molecule has 1 nitrogen and oxygen atoms in total. The minimum absolute atomic E-state index is 0.254. The number of hydrogen-bond acceptors (Lipinski definition) is 1. The first-order chi connectivity index (χ1) is 9.68. The van der Waals surface area contributed by atoms with Gasteiger partial charge in [-0.2, -0.15) is 0 Å². The molecule has 0 aliphatic rings. The fraction of sp³-hybridized carbons (Fsp3) is 0.905. The maximum atomic E-state index is 4.37. The van der Waals surface area contributed by atoms with Crippen molar-refractivity contribution < 1.29 is 0 Å². The molecule has 0 N–H and O–H groups in total.